The van der Waals surface area contributed by atoms with Gasteiger partial charge in [-0.05, 0) is 25.7 Å². The highest BCUT2D eigenvalue weighted by Crippen LogP contribution is 2.45. The van der Waals surface area contributed by atoms with Gasteiger partial charge in [-0.1, -0.05) is 11.6 Å². The van der Waals surface area contributed by atoms with Gasteiger partial charge in [-0.25, -0.2) is 0 Å². The third-order valence-electron chi connectivity index (χ3n) is 4.50. The van der Waals surface area contributed by atoms with E-state index in [1.165, 1.54) is 12.8 Å². The lowest BCUT2D eigenvalue weighted by molar-refractivity contribution is 0.386. The van der Waals surface area contributed by atoms with Crippen LogP contribution in [0.25, 0.3) is 0 Å². The largest absolute Gasteiger partial charge is 0.495 e. The van der Waals surface area contributed by atoms with Crippen molar-refractivity contribution in [3.8, 4) is 11.5 Å². The van der Waals surface area contributed by atoms with Crippen molar-refractivity contribution in [3.63, 3.8) is 0 Å². The topological polar surface area (TPSA) is 47.7 Å². The van der Waals surface area contributed by atoms with E-state index in [4.69, 9.17) is 26.8 Å². The second kappa shape index (κ2) is 5.34. The predicted molar refractivity (Wildman–Crippen MR) is 81.1 cm³/mol. The Morgan fingerprint density at radius 1 is 1.10 bits per heavy atom. The van der Waals surface area contributed by atoms with Gasteiger partial charge in [0.15, 0.2) is 0 Å². The first-order valence-electron chi connectivity index (χ1n) is 7.09. The van der Waals surface area contributed by atoms with Crippen LogP contribution in [0.3, 0.4) is 0 Å². The quantitative estimate of drug-likeness (QED) is 0.932. The van der Waals surface area contributed by atoms with Crippen molar-refractivity contribution >= 4 is 17.3 Å². The average Bonchev–Trinajstić information content (AvgIpc) is 2.70. The molecule has 2 bridgehead atoms. The summed E-state index contributed by atoms with van der Waals surface area (Å²) >= 11 is 6.19. The lowest BCUT2D eigenvalue weighted by Gasteiger charge is -2.40. The second-order valence-electron chi connectivity index (χ2n) is 5.68. The second-order valence-corrected chi connectivity index (χ2v) is 6.09. The first kappa shape index (κ1) is 13.8. The maximum Gasteiger partial charge on any atom is 0.143 e. The van der Waals surface area contributed by atoms with Gasteiger partial charge in [0, 0.05) is 30.3 Å². The smallest absolute Gasteiger partial charge is 0.143 e. The van der Waals surface area contributed by atoms with Crippen molar-refractivity contribution in [3.05, 3.63) is 17.2 Å². The van der Waals surface area contributed by atoms with Crippen LogP contribution in [0.15, 0.2) is 12.1 Å². The van der Waals surface area contributed by atoms with Gasteiger partial charge in [-0.3, -0.25) is 0 Å². The van der Waals surface area contributed by atoms with Crippen LogP contribution in [0.2, 0.25) is 5.02 Å². The molecule has 2 saturated heterocycles. The summed E-state index contributed by atoms with van der Waals surface area (Å²) in [7, 11) is 3.32. The number of piperidine rings is 1. The molecular formula is C15H21ClN2O2. The first-order valence-corrected chi connectivity index (χ1v) is 7.47. The van der Waals surface area contributed by atoms with Crippen LogP contribution in [-0.2, 0) is 0 Å². The van der Waals surface area contributed by atoms with Crippen molar-refractivity contribution in [1.29, 1.82) is 0 Å². The summed E-state index contributed by atoms with van der Waals surface area (Å²) in [5.74, 6) is 1.50. The number of rotatable bonds is 3. The van der Waals surface area contributed by atoms with Crippen LogP contribution in [0, 0.1) is 0 Å². The number of fused-ring (bicyclic) bond motifs is 2. The number of ether oxygens (including phenoxy) is 2. The molecule has 2 fully saturated rings. The molecule has 2 atom stereocenters. The molecule has 0 aliphatic carbocycles. The number of benzene rings is 1. The molecule has 2 unspecified atom stereocenters. The highest BCUT2D eigenvalue weighted by Gasteiger charge is 2.40. The van der Waals surface area contributed by atoms with Gasteiger partial charge in [-0.15, -0.1) is 0 Å². The van der Waals surface area contributed by atoms with Crippen LogP contribution in [-0.4, -0.2) is 32.3 Å². The molecule has 3 rings (SSSR count). The Morgan fingerprint density at radius 2 is 1.70 bits per heavy atom. The van der Waals surface area contributed by atoms with Crippen molar-refractivity contribution < 1.29 is 9.47 Å². The van der Waals surface area contributed by atoms with E-state index in [2.05, 4.69) is 4.90 Å². The fourth-order valence-electron chi connectivity index (χ4n) is 3.66. The van der Waals surface area contributed by atoms with Gasteiger partial charge in [0.25, 0.3) is 0 Å². The van der Waals surface area contributed by atoms with E-state index in [-0.39, 0.29) is 0 Å². The molecule has 0 amide bonds. The SMILES string of the molecule is COc1cc(N2C3CCC2CC(N)C3)c(OC)cc1Cl. The van der Waals surface area contributed by atoms with Crippen LogP contribution in [0.4, 0.5) is 5.69 Å². The minimum Gasteiger partial charge on any atom is -0.495 e. The average molecular weight is 297 g/mol. The van der Waals surface area contributed by atoms with E-state index in [1.807, 2.05) is 12.1 Å². The number of hydrogen-bond acceptors (Lipinski definition) is 4. The Kier molecular flexibility index (Phi) is 3.69. The third-order valence-corrected chi connectivity index (χ3v) is 4.80. The van der Waals surface area contributed by atoms with Gasteiger partial charge in [0.1, 0.15) is 11.5 Å². The maximum atomic E-state index is 6.19. The summed E-state index contributed by atoms with van der Waals surface area (Å²) in [6.07, 6.45) is 4.49. The minimum absolute atomic E-state index is 0.323. The fourth-order valence-corrected chi connectivity index (χ4v) is 3.89. The summed E-state index contributed by atoms with van der Waals surface area (Å²) in [6, 6.07) is 5.16. The molecule has 2 aliphatic heterocycles. The zero-order chi connectivity index (χ0) is 14.3. The van der Waals surface area contributed by atoms with Crippen molar-refractivity contribution in [2.24, 2.45) is 5.73 Å². The summed E-state index contributed by atoms with van der Waals surface area (Å²) in [5.41, 5.74) is 7.22. The van der Waals surface area contributed by atoms with E-state index in [0.29, 0.717) is 28.9 Å². The molecule has 0 radical (unpaired) electrons. The van der Waals surface area contributed by atoms with Gasteiger partial charge >= 0.3 is 0 Å². The molecule has 2 aliphatic rings. The lowest BCUT2D eigenvalue weighted by atomic mass is 9.97. The number of nitrogens with zero attached hydrogens (tertiary/aromatic N) is 1. The van der Waals surface area contributed by atoms with E-state index < -0.39 is 0 Å². The molecular weight excluding hydrogens is 276 g/mol. The zero-order valence-corrected chi connectivity index (χ0v) is 12.7. The summed E-state index contributed by atoms with van der Waals surface area (Å²) in [6.45, 7) is 0. The van der Waals surface area contributed by atoms with Crippen molar-refractivity contribution in [2.45, 2.75) is 43.8 Å². The molecule has 110 valence electrons. The molecule has 5 heteroatoms. The molecule has 2 N–H and O–H groups in total. The predicted octanol–water partition coefficient (Wildman–Crippen LogP) is 2.82. The van der Waals surface area contributed by atoms with E-state index >= 15 is 0 Å². The highest BCUT2D eigenvalue weighted by molar-refractivity contribution is 6.32. The highest BCUT2D eigenvalue weighted by atomic mass is 35.5. The molecule has 0 spiro atoms. The summed E-state index contributed by atoms with van der Waals surface area (Å²) < 4.78 is 10.9. The number of hydrogen-bond donors (Lipinski definition) is 1. The number of nitrogens with two attached hydrogens (primary N) is 1. The van der Waals surface area contributed by atoms with Gasteiger partial charge < -0.3 is 20.1 Å². The minimum atomic E-state index is 0.323. The Labute approximate surface area is 124 Å². The number of halogens is 1. The first-order chi connectivity index (χ1) is 9.63. The van der Waals surface area contributed by atoms with E-state index in [1.54, 1.807) is 14.2 Å². The lowest BCUT2D eigenvalue weighted by Crippen LogP contribution is -2.47. The molecule has 20 heavy (non-hydrogen) atoms. The van der Waals surface area contributed by atoms with Crippen LogP contribution >= 0.6 is 11.6 Å². The zero-order valence-electron chi connectivity index (χ0n) is 11.9. The summed E-state index contributed by atoms with van der Waals surface area (Å²) in [5, 5.41) is 0.578. The molecule has 1 aromatic carbocycles. The molecule has 0 aromatic heterocycles. The Morgan fingerprint density at radius 3 is 2.25 bits per heavy atom. The number of anilines is 1. The normalized spacial score (nSPS) is 28.6. The van der Waals surface area contributed by atoms with Gasteiger partial charge in [0.2, 0.25) is 0 Å². The Hall–Kier alpha value is -1.13. The van der Waals surface area contributed by atoms with E-state index in [0.717, 1.165) is 24.3 Å². The van der Waals surface area contributed by atoms with Crippen molar-refractivity contribution in [2.75, 3.05) is 19.1 Å². The Balaban J connectivity index is 2.01. The van der Waals surface area contributed by atoms with Gasteiger partial charge in [0.05, 0.1) is 24.9 Å². The fraction of sp³-hybridized carbons (Fsp3) is 0.600. The van der Waals surface area contributed by atoms with Crippen LogP contribution < -0.4 is 20.1 Å². The van der Waals surface area contributed by atoms with Crippen molar-refractivity contribution in [1.82, 2.24) is 0 Å². The third kappa shape index (κ3) is 2.21. The summed E-state index contributed by atoms with van der Waals surface area (Å²) in [4.78, 5) is 2.46. The monoisotopic (exact) mass is 296 g/mol. The van der Waals surface area contributed by atoms with Gasteiger partial charge in [-0.2, -0.15) is 0 Å². The van der Waals surface area contributed by atoms with Crippen LogP contribution in [0.1, 0.15) is 25.7 Å². The maximum absolute atomic E-state index is 6.19. The van der Waals surface area contributed by atoms with E-state index in [9.17, 15) is 0 Å². The van der Waals surface area contributed by atoms with Crippen LogP contribution in [0.5, 0.6) is 11.5 Å². The number of methoxy groups -OCH3 is 2. The Bertz CT molecular complexity index is 495. The molecule has 2 heterocycles. The molecule has 0 saturated carbocycles. The molecule has 1 aromatic rings. The standard InChI is InChI=1S/C15H21ClN2O2/c1-19-14-8-13(15(20-2)7-12(14)16)18-10-3-4-11(18)6-9(17)5-10/h7-11H,3-6,17H2,1-2H3. The molecule has 4 nitrogen and oxygen atoms in total.